The number of methoxy groups -OCH3 is 1. The van der Waals surface area contributed by atoms with Gasteiger partial charge >= 0.3 is 0 Å². The average molecular weight is 259 g/mol. The fraction of sp³-hybridized carbons (Fsp3) is 0.400. The number of aromatic nitrogens is 2. The van der Waals surface area contributed by atoms with E-state index in [9.17, 15) is 0 Å². The molecule has 1 aromatic carbocycles. The Morgan fingerprint density at radius 3 is 2.42 bits per heavy atom. The normalized spacial score (nSPS) is 11.6. The largest absolute Gasteiger partial charge is 0.496 e. The number of hydrogen-bond donors (Lipinski definition) is 1. The summed E-state index contributed by atoms with van der Waals surface area (Å²) in [6, 6.07) is 6.20. The van der Waals surface area contributed by atoms with Crippen LogP contribution in [0.4, 0.5) is 5.95 Å². The summed E-state index contributed by atoms with van der Waals surface area (Å²) in [5.41, 5.74) is 8.94. The van der Waals surface area contributed by atoms with Gasteiger partial charge in [-0.15, -0.1) is 0 Å². The minimum Gasteiger partial charge on any atom is -0.496 e. The number of ether oxygens (including phenoxy) is 1. The summed E-state index contributed by atoms with van der Waals surface area (Å²) in [6.45, 7) is 6.56. The number of nitrogens with two attached hydrogens (primary N) is 1. The van der Waals surface area contributed by atoms with Crippen LogP contribution >= 0.6 is 0 Å². The molecule has 0 amide bonds. The molecular weight excluding hydrogens is 238 g/mol. The number of hydrogen-bond acceptors (Lipinski definition) is 3. The molecule has 1 heterocycles. The standard InChI is InChI=1S/C15H21N3O/c1-15(2,3)10-6-7-13(19-5)11(8-10)12-9-18(4)14(16)17-12/h6-9H,1-5H3,(H2,16,17). The predicted octanol–water partition coefficient (Wildman–Crippen LogP) is 2.98. The van der Waals surface area contributed by atoms with Crippen LogP contribution in [-0.4, -0.2) is 16.7 Å². The molecule has 0 bridgehead atoms. The van der Waals surface area contributed by atoms with Crippen molar-refractivity contribution >= 4 is 5.95 Å². The van der Waals surface area contributed by atoms with Crippen molar-refractivity contribution in [2.45, 2.75) is 26.2 Å². The molecule has 0 unspecified atom stereocenters. The zero-order valence-corrected chi connectivity index (χ0v) is 12.2. The molecule has 0 aliphatic carbocycles. The van der Waals surface area contributed by atoms with Crippen molar-refractivity contribution in [1.29, 1.82) is 0 Å². The minimum absolute atomic E-state index is 0.0847. The summed E-state index contributed by atoms with van der Waals surface area (Å²) in [4.78, 5) is 4.37. The lowest BCUT2D eigenvalue weighted by Gasteiger charge is -2.20. The van der Waals surface area contributed by atoms with Gasteiger partial charge < -0.3 is 15.0 Å². The molecule has 2 aromatic rings. The van der Waals surface area contributed by atoms with E-state index in [0.717, 1.165) is 17.0 Å². The number of imidazole rings is 1. The molecular formula is C15H21N3O. The van der Waals surface area contributed by atoms with Crippen LogP contribution in [0.25, 0.3) is 11.3 Å². The van der Waals surface area contributed by atoms with Crippen LogP contribution in [0, 0.1) is 0 Å². The van der Waals surface area contributed by atoms with Crippen molar-refractivity contribution in [3.63, 3.8) is 0 Å². The molecule has 4 nitrogen and oxygen atoms in total. The van der Waals surface area contributed by atoms with E-state index in [0.29, 0.717) is 5.95 Å². The second kappa shape index (κ2) is 4.61. The van der Waals surface area contributed by atoms with Gasteiger partial charge in [0.15, 0.2) is 5.95 Å². The van der Waals surface area contributed by atoms with Crippen LogP contribution in [0.1, 0.15) is 26.3 Å². The molecule has 0 spiro atoms. The SMILES string of the molecule is COc1ccc(C(C)(C)C)cc1-c1cn(C)c(N)n1. The highest BCUT2D eigenvalue weighted by Gasteiger charge is 2.18. The molecule has 2 N–H and O–H groups in total. The van der Waals surface area contributed by atoms with E-state index in [2.05, 4.69) is 37.9 Å². The maximum absolute atomic E-state index is 5.80. The number of anilines is 1. The third-order valence-corrected chi connectivity index (χ3v) is 3.25. The van der Waals surface area contributed by atoms with Crippen molar-refractivity contribution in [2.24, 2.45) is 7.05 Å². The Morgan fingerprint density at radius 2 is 1.95 bits per heavy atom. The Balaban J connectivity index is 2.59. The summed E-state index contributed by atoms with van der Waals surface area (Å²) in [6.07, 6.45) is 1.92. The Hall–Kier alpha value is -1.97. The molecule has 102 valence electrons. The van der Waals surface area contributed by atoms with Crippen LogP contribution in [-0.2, 0) is 12.5 Å². The molecule has 19 heavy (non-hydrogen) atoms. The molecule has 0 fully saturated rings. The average Bonchev–Trinajstić information content (AvgIpc) is 2.67. The van der Waals surface area contributed by atoms with E-state index in [1.54, 1.807) is 11.7 Å². The summed E-state index contributed by atoms with van der Waals surface area (Å²) < 4.78 is 7.23. The van der Waals surface area contributed by atoms with Crippen LogP contribution in [0.15, 0.2) is 24.4 Å². The van der Waals surface area contributed by atoms with Crippen LogP contribution in [0.5, 0.6) is 5.75 Å². The van der Waals surface area contributed by atoms with Crippen molar-refractivity contribution in [1.82, 2.24) is 9.55 Å². The number of aryl methyl sites for hydroxylation is 1. The highest BCUT2D eigenvalue weighted by Crippen LogP contribution is 2.34. The van der Waals surface area contributed by atoms with Gasteiger partial charge in [-0.1, -0.05) is 26.8 Å². The topological polar surface area (TPSA) is 53.1 Å². The van der Waals surface area contributed by atoms with Gasteiger partial charge in [-0.05, 0) is 23.1 Å². The Bertz CT molecular complexity index is 574. The summed E-state index contributed by atoms with van der Waals surface area (Å²) >= 11 is 0. The van der Waals surface area contributed by atoms with E-state index < -0.39 is 0 Å². The van der Waals surface area contributed by atoms with Gasteiger partial charge in [-0.25, -0.2) is 4.98 Å². The van der Waals surface area contributed by atoms with E-state index in [4.69, 9.17) is 10.5 Å². The smallest absolute Gasteiger partial charge is 0.200 e. The molecule has 0 atom stereocenters. The van der Waals surface area contributed by atoms with E-state index in [1.807, 2.05) is 19.3 Å². The maximum atomic E-state index is 5.80. The van der Waals surface area contributed by atoms with Crippen LogP contribution in [0.2, 0.25) is 0 Å². The fourth-order valence-corrected chi connectivity index (χ4v) is 1.99. The van der Waals surface area contributed by atoms with Gasteiger partial charge in [0, 0.05) is 18.8 Å². The number of benzene rings is 1. The first-order valence-corrected chi connectivity index (χ1v) is 6.30. The van der Waals surface area contributed by atoms with Gasteiger partial charge in [-0.2, -0.15) is 0 Å². The van der Waals surface area contributed by atoms with Crippen molar-refractivity contribution in [3.05, 3.63) is 30.0 Å². The van der Waals surface area contributed by atoms with Crippen molar-refractivity contribution in [2.75, 3.05) is 12.8 Å². The molecule has 4 heteroatoms. The first-order valence-electron chi connectivity index (χ1n) is 6.30. The zero-order valence-electron chi connectivity index (χ0n) is 12.2. The number of nitrogens with zero attached hydrogens (tertiary/aromatic N) is 2. The number of nitrogen functional groups attached to an aromatic ring is 1. The Kier molecular flexibility index (Phi) is 3.27. The van der Waals surface area contributed by atoms with Crippen molar-refractivity contribution < 1.29 is 4.74 Å². The second-order valence-electron chi connectivity index (χ2n) is 5.76. The molecule has 0 saturated heterocycles. The number of rotatable bonds is 2. The van der Waals surface area contributed by atoms with Gasteiger partial charge in [-0.3, -0.25) is 0 Å². The first kappa shape index (κ1) is 13.5. The zero-order chi connectivity index (χ0) is 14.2. The highest BCUT2D eigenvalue weighted by molar-refractivity contribution is 5.69. The fourth-order valence-electron chi connectivity index (χ4n) is 1.99. The minimum atomic E-state index is 0.0847. The second-order valence-corrected chi connectivity index (χ2v) is 5.76. The molecule has 0 radical (unpaired) electrons. The lowest BCUT2D eigenvalue weighted by Crippen LogP contribution is -2.11. The first-order chi connectivity index (χ1) is 8.82. The van der Waals surface area contributed by atoms with Gasteiger partial charge in [0.1, 0.15) is 5.75 Å². The lowest BCUT2D eigenvalue weighted by atomic mass is 9.86. The maximum Gasteiger partial charge on any atom is 0.200 e. The van der Waals surface area contributed by atoms with Crippen LogP contribution < -0.4 is 10.5 Å². The van der Waals surface area contributed by atoms with E-state index in [-0.39, 0.29) is 5.41 Å². The molecule has 0 aliphatic rings. The molecule has 2 rings (SSSR count). The van der Waals surface area contributed by atoms with Crippen LogP contribution in [0.3, 0.4) is 0 Å². The van der Waals surface area contributed by atoms with Gasteiger partial charge in [0.25, 0.3) is 0 Å². The van der Waals surface area contributed by atoms with E-state index in [1.165, 1.54) is 5.56 Å². The Morgan fingerprint density at radius 1 is 1.26 bits per heavy atom. The molecule has 0 aliphatic heterocycles. The quantitative estimate of drug-likeness (QED) is 0.902. The van der Waals surface area contributed by atoms with Gasteiger partial charge in [0.05, 0.1) is 12.8 Å². The lowest BCUT2D eigenvalue weighted by molar-refractivity contribution is 0.415. The monoisotopic (exact) mass is 259 g/mol. The highest BCUT2D eigenvalue weighted by atomic mass is 16.5. The summed E-state index contributed by atoms with van der Waals surface area (Å²) in [5, 5.41) is 0. The summed E-state index contributed by atoms with van der Waals surface area (Å²) in [5.74, 6) is 1.31. The van der Waals surface area contributed by atoms with Gasteiger partial charge in [0.2, 0.25) is 0 Å². The predicted molar refractivity (Wildman–Crippen MR) is 78.3 cm³/mol. The molecule has 0 saturated carbocycles. The molecule has 1 aromatic heterocycles. The van der Waals surface area contributed by atoms with Crippen molar-refractivity contribution in [3.8, 4) is 17.0 Å². The third-order valence-electron chi connectivity index (χ3n) is 3.25. The Labute approximate surface area is 114 Å². The van der Waals surface area contributed by atoms with E-state index >= 15 is 0 Å². The summed E-state index contributed by atoms with van der Waals surface area (Å²) in [7, 11) is 3.55. The third kappa shape index (κ3) is 2.57.